The molecule has 3 rings (SSSR count). The summed E-state index contributed by atoms with van der Waals surface area (Å²) in [6.07, 6.45) is 1.44. The van der Waals surface area contributed by atoms with Gasteiger partial charge in [-0.25, -0.2) is 0 Å². The van der Waals surface area contributed by atoms with Crippen molar-refractivity contribution in [1.29, 1.82) is 0 Å². The number of hydrogen-bond acceptors (Lipinski definition) is 3. The number of benzene rings is 1. The molecule has 5 heteroatoms. The predicted octanol–water partition coefficient (Wildman–Crippen LogP) is 3.26. The molecule has 0 saturated carbocycles. The monoisotopic (exact) mass is 335 g/mol. The van der Waals surface area contributed by atoms with E-state index in [-0.39, 0.29) is 12.0 Å². The number of rotatable bonds is 2. The van der Waals surface area contributed by atoms with Crippen LogP contribution in [0, 0.1) is 0 Å². The number of morpholine rings is 1. The SMILES string of the molecule is O=C(c1ccoc1Br)N1CCOC(c2ccccc2)C1. The molecule has 1 aromatic heterocycles. The van der Waals surface area contributed by atoms with E-state index >= 15 is 0 Å². The molecular weight excluding hydrogens is 322 g/mol. The standard InChI is InChI=1S/C15H14BrNO3/c16-14-12(6-8-20-14)15(18)17-7-9-19-13(10-17)11-4-2-1-3-5-11/h1-6,8,13H,7,9-10H2. The molecule has 1 saturated heterocycles. The average molecular weight is 336 g/mol. The zero-order chi connectivity index (χ0) is 13.9. The number of carbonyl (C=O) groups is 1. The van der Waals surface area contributed by atoms with Gasteiger partial charge >= 0.3 is 0 Å². The van der Waals surface area contributed by atoms with Crippen molar-refractivity contribution in [3.63, 3.8) is 0 Å². The van der Waals surface area contributed by atoms with Crippen LogP contribution in [0.1, 0.15) is 22.0 Å². The normalized spacial score (nSPS) is 19.1. The van der Waals surface area contributed by atoms with E-state index in [1.54, 1.807) is 11.0 Å². The molecule has 0 N–H and O–H groups in total. The fourth-order valence-electron chi connectivity index (χ4n) is 2.32. The van der Waals surface area contributed by atoms with Crippen LogP contribution in [0.3, 0.4) is 0 Å². The van der Waals surface area contributed by atoms with Crippen molar-refractivity contribution in [1.82, 2.24) is 4.90 Å². The van der Waals surface area contributed by atoms with E-state index in [9.17, 15) is 4.79 Å². The third kappa shape index (κ3) is 2.64. The Morgan fingerprint density at radius 1 is 1.25 bits per heavy atom. The summed E-state index contributed by atoms with van der Waals surface area (Å²) in [7, 11) is 0. The van der Waals surface area contributed by atoms with Crippen LogP contribution in [0.2, 0.25) is 0 Å². The van der Waals surface area contributed by atoms with Gasteiger partial charge in [-0.1, -0.05) is 30.3 Å². The quantitative estimate of drug-likeness (QED) is 0.845. The van der Waals surface area contributed by atoms with E-state index in [1.165, 1.54) is 6.26 Å². The summed E-state index contributed by atoms with van der Waals surface area (Å²) in [4.78, 5) is 14.2. The summed E-state index contributed by atoms with van der Waals surface area (Å²) in [6.45, 7) is 1.70. The van der Waals surface area contributed by atoms with Crippen LogP contribution in [-0.4, -0.2) is 30.5 Å². The Morgan fingerprint density at radius 3 is 2.75 bits per heavy atom. The number of carbonyl (C=O) groups excluding carboxylic acids is 1. The van der Waals surface area contributed by atoms with E-state index in [1.807, 2.05) is 30.3 Å². The molecule has 1 fully saturated rings. The van der Waals surface area contributed by atoms with Gasteiger partial charge in [0.05, 0.1) is 25.0 Å². The van der Waals surface area contributed by atoms with Crippen LogP contribution < -0.4 is 0 Å². The number of hydrogen-bond donors (Lipinski definition) is 0. The van der Waals surface area contributed by atoms with E-state index in [0.717, 1.165) is 5.56 Å². The van der Waals surface area contributed by atoms with Crippen molar-refractivity contribution in [3.05, 3.63) is 58.5 Å². The van der Waals surface area contributed by atoms with Crippen molar-refractivity contribution in [3.8, 4) is 0 Å². The first-order valence-electron chi connectivity index (χ1n) is 6.44. The molecule has 0 radical (unpaired) electrons. The van der Waals surface area contributed by atoms with Crippen molar-refractivity contribution in [2.75, 3.05) is 19.7 Å². The molecule has 0 aliphatic carbocycles. The van der Waals surface area contributed by atoms with Gasteiger partial charge in [0.15, 0.2) is 4.67 Å². The Bertz CT molecular complexity index is 596. The molecule has 0 bridgehead atoms. The molecule has 1 aliphatic heterocycles. The Kier molecular flexibility index (Phi) is 3.89. The van der Waals surface area contributed by atoms with Crippen LogP contribution in [0.15, 0.2) is 51.7 Å². The van der Waals surface area contributed by atoms with Gasteiger partial charge in [-0.05, 0) is 27.6 Å². The molecule has 1 atom stereocenters. The summed E-state index contributed by atoms with van der Waals surface area (Å²) < 4.78 is 11.4. The van der Waals surface area contributed by atoms with Gasteiger partial charge in [-0.15, -0.1) is 0 Å². The number of halogens is 1. The fourth-order valence-corrected chi connectivity index (χ4v) is 2.73. The lowest BCUT2D eigenvalue weighted by Gasteiger charge is -2.33. The average Bonchev–Trinajstić information content (AvgIpc) is 2.94. The number of furan rings is 1. The third-order valence-corrected chi connectivity index (χ3v) is 3.99. The molecule has 1 aliphatic rings. The van der Waals surface area contributed by atoms with Crippen molar-refractivity contribution >= 4 is 21.8 Å². The first-order chi connectivity index (χ1) is 9.75. The van der Waals surface area contributed by atoms with Crippen molar-refractivity contribution in [2.45, 2.75) is 6.10 Å². The largest absolute Gasteiger partial charge is 0.457 e. The van der Waals surface area contributed by atoms with Gasteiger partial charge < -0.3 is 14.1 Å². The lowest BCUT2D eigenvalue weighted by Crippen LogP contribution is -2.42. The zero-order valence-electron chi connectivity index (χ0n) is 10.8. The molecule has 1 aromatic carbocycles. The van der Waals surface area contributed by atoms with Gasteiger partial charge in [0.1, 0.15) is 6.10 Å². The molecule has 0 spiro atoms. The summed E-state index contributed by atoms with van der Waals surface area (Å²) in [5, 5.41) is 0. The highest BCUT2D eigenvalue weighted by molar-refractivity contribution is 9.10. The number of ether oxygens (including phenoxy) is 1. The summed E-state index contributed by atoms with van der Waals surface area (Å²) in [5.74, 6) is -0.0325. The van der Waals surface area contributed by atoms with Gasteiger partial charge in [0.2, 0.25) is 0 Å². The Morgan fingerprint density at radius 2 is 2.05 bits per heavy atom. The summed E-state index contributed by atoms with van der Waals surface area (Å²) >= 11 is 3.25. The van der Waals surface area contributed by atoms with Crippen LogP contribution >= 0.6 is 15.9 Å². The topological polar surface area (TPSA) is 42.7 Å². The van der Waals surface area contributed by atoms with Crippen LogP contribution in [0.5, 0.6) is 0 Å². The number of amides is 1. The lowest BCUT2D eigenvalue weighted by molar-refractivity contribution is -0.0228. The Hall–Kier alpha value is -1.59. The molecule has 2 heterocycles. The van der Waals surface area contributed by atoms with E-state index in [0.29, 0.717) is 29.9 Å². The predicted molar refractivity (Wildman–Crippen MR) is 77.4 cm³/mol. The maximum absolute atomic E-state index is 12.4. The second-order valence-corrected chi connectivity index (χ2v) is 5.35. The molecule has 2 aromatic rings. The second-order valence-electron chi connectivity index (χ2n) is 4.63. The van der Waals surface area contributed by atoms with Gasteiger partial charge in [0.25, 0.3) is 5.91 Å². The fraction of sp³-hybridized carbons (Fsp3) is 0.267. The van der Waals surface area contributed by atoms with Crippen molar-refractivity contribution in [2.24, 2.45) is 0 Å². The van der Waals surface area contributed by atoms with Gasteiger partial charge in [0, 0.05) is 6.54 Å². The van der Waals surface area contributed by atoms with E-state index < -0.39 is 0 Å². The van der Waals surface area contributed by atoms with Gasteiger partial charge in [-0.3, -0.25) is 4.79 Å². The molecule has 104 valence electrons. The molecule has 4 nitrogen and oxygen atoms in total. The maximum Gasteiger partial charge on any atom is 0.258 e. The second kappa shape index (κ2) is 5.81. The van der Waals surface area contributed by atoms with Gasteiger partial charge in [-0.2, -0.15) is 0 Å². The van der Waals surface area contributed by atoms with Crippen molar-refractivity contribution < 1.29 is 13.9 Å². The van der Waals surface area contributed by atoms with E-state index in [4.69, 9.17) is 9.15 Å². The maximum atomic E-state index is 12.4. The smallest absolute Gasteiger partial charge is 0.258 e. The van der Waals surface area contributed by atoms with E-state index in [2.05, 4.69) is 15.9 Å². The summed E-state index contributed by atoms with van der Waals surface area (Å²) in [5.41, 5.74) is 1.65. The highest BCUT2D eigenvalue weighted by atomic mass is 79.9. The molecule has 1 amide bonds. The molecule has 20 heavy (non-hydrogen) atoms. The van der Waals surface area contributed by atoms with Crippen LogP contribution in [0.4, 0.5) is 0 Å². The minimum absolute atomic E-state index is 0.0325. The van der Waals surface area contributed by atoms with Crippen LogP contribution in [0.25, 0.3) is 0 Å². The summed E-state index contributed by atoms with van der Waals surface area (Å²) in [6, 6.07) is 11.6. The lowest BCUT2D eigenvalue weighted by atomic mass is 10.1. The van der Waals surface area contributed by atoms with Crippen LogP contribution in [-0.2, 0) is 4.74 Å². The Balaban J connectivity index is 1.76. The Labute approximate surface area is 125 Å². The molecule has 1 unspecified atom stereocenters. The highest BCUT2D eigenvalue weighted by Gasteiger charge is 2.27. The minimum atomic E-state index is -0.0698. The first-order valence-corrected chi connectivity index (χ1v) is 7.24. The minimum Gasteiger partial charge on any atom is -0.457 e. The molecular formula is C15H14BrNO3. The zero-order valence-corrected chi connectivity index (χ0v) is 12.4. The third-order valence-electron chi connectivity index (χ3n) is 3.37. The first kappa shape index (κ1) is 13.4. The number of nitrogens with zero attached hydrogens (tertiary/aromatic N) is 1. The highest BCUT2D eigenvalue weighted by Crippen LogP contribution is 2.25.